The van der Waals surface area contributed by atoms with Gasteiger partial charge >= 0.3 is 0 Å². The standard InChI is InChI=1S/C24H22N2O3S/c27-22(17-6-2-1-3-7-17)18-11-13-26(14-12-18)24(29)19-8-4-9-20(16-19)25-23(28)21-10-5-15-30-21/h1-10,15-16,18H,11-14H2,(H,25,28). The number of amides is 2. The van der Waals surface area contributed by atoms with Crippen molar-refractivity contribution in [1.29, 1.82) is 0 Å². The van der Waals surface area contributed by atoms with E-state index in [1.54, 1.807) is 35.2 Å². The summed E-state index contributed by atoms with van der Waals surface area (Å²) in [5.74, 6) is -0.156. The van der Waals surface area contributed by atoms with E-state index < -0.39 is 0 Å². The zero-order valence-electron chi connectivity index (χ0n) is 16.4. The van der Waals surface area contributed by atoms with Gasteiger partial charge in [-0.25, -0.2) is 0 Å². The molecule has 1 aromatic heterocycles. The number of piperidine rings is 1. The highest BCUT2D eigenvalue weighted by atomic mass is 32.1. The highest BCUT2D eigenvalue weighted by molar-refractivity contribution is 7.12. The van der Waals surface area contributed by atoms with Gasteiger partial charge in [-0.05, 0) is 42.5 Å². The number of likely N-dealkylation sites (tertiary alicyclic amines) is 1. The van der Waals surface area contributed by atoms with E-state index in [0.717, 1.165) is 5.56 Å². The number of nitrogens with one attached hydrogen (secondary N) is 1. The van der Waals surface area contributed by atoms with E-state index in [1.165, 1.54) is 11.3 Å². The van der Waals surface area contributed by atoms with Crippen molar-refractivity contribution in [2.75, 3.05) is 18.4 Å². The number of carbonyl (C=O) groups is 3. The van der Waals surface area contributed by atoms with Gasteiger partial charge in [-0.3, -0.25) is 14.4 Å². The summed E-state index contributed by atoms with van der Waals surface area (Å²) < 4.78 is 0. The Kier molecular flexibility index (Phi) is 6.05. The first-order valence-electron chi connectivity index (χ1n) is 9.95. The number of thiophene rings is 1. The lowest BCUT2D eigenvalue weighted by Gasteiger charge is -2.31. The summed E-state index contributed by atoms with van der Waals surface area (Å²) in [5.41, 5.74) is 1.86. The van der Waals surface area contributed by atoms with E-state index >= 15 is 0 Å². The zero-order valence-corrected chi connectivity index (χ0v) is 17.2. The van der Waals surface area contributed by atoms with Crippen LogP contribution in [0.5, 0.6) is 0 Å². The SMILES string of the molecule is O=C(Nc1cccc(C(=O)N2CCC(C(=O)c3ccccc3)CC2)c1)c1cccs1. The van der Waals surface area contributed by atoms with Crippen LogP contribution in [-0.2, 0) is 0 Å². The maximum atomic E-state index is 12.9. The molecule has 0 saturated carbocycles. The van der Waals surface area contributed by atoms with Crippen LogP contribution in [0.2, 0.25) is 0 Å². The molecule has 2 amide bonds. The van der Waals surface area contributed by atoms with Crippen LogP contribution in [0, 0.1) is 5.92 Å². The third-order valence-corrected chi connectivity index (χ3v) is 6.19. The van der Waals surface area contributed by atoms with Gasteiger partial charge in [-0.2, -0.15) is 0 Å². The number of nitrogens with zero attached hydrogens (tertiary/aromatic N) is 1. The number of carbonyl (C=O) groups excluding carboxylic acids is 3. The Labute approximate surface area is 179 Å². The van der Waals surface area contributed by atoms with E-state index in [-0.39, 0.29) is 23.5 Å². The van der Waals surface area contributed by atoms with E-state index in [4.69, 9.17) is 0 Å². The quantitative estimate of drug-likeness (QED) is 0.609. The number of Topliss-reactive ketones (excluding diaryl/α,β-unsaturated/α-hetero) is 1. The maximum Gasteiger partial charge on any atom is 0.265 e. The Bertz CT molecular complexity index is 1040. The number of rotatable bonds is 5. The predicted octanol–water partition coefficient (Wildman–Crippen LogP) is 4.74. The first-order chi connectivity index (χ1) is 14.6. The van der Waals surface area contributed by atoms with Crippen molar-refractivity contribution in [3.05, 3.63) is 88.1 Å². The van der Waals surface area contributed by atoms with E-state index in [0.29, 0.717) is 42.1 Å². The highest BCUT2D eigenvalue weighted by Gasteiger charge is 2.28. The molecule has 2 heterocycles. The first-order valence-corrected chi connectivity index (χ1v) is 10.8. The Morgan fingerprint density at radius 3 is 2.30 bits per heavy atom. The van der Waals surface area contributed by atoms with Gasteiger partial charge in [0.2, 0.25) is 0 Å². The lowest BCUT2D eigenvalue weighted by molar-refractivity contribution is 0.0650. The van der Waals surface area contributed by atoms with Gasteiger partial charge in [-0.15, -0.1) is 11.3 Å². The van der Waals surface area contributed by atoms with Crippen molar-refractivity contribution in [3.8, 4) is 0 Å². The van der Waals surface area contributed by atoms with Crippen LogP contribution >= 0.6 is 11.3 Å². The van der Waals surface area contributed by atoms with Crippen molar-refractivity contribution in [2.45, 2.75) is 12.8 Å². The molecule has 0 bridgehead atoms. The highest BCUT2D eigenvalue weighted by Crippen LogP contribution is 2.24. The second-order valence-corrected chi connectivity index (χ2v) is 8.26. The number of ketones is 1. The van der Waals surface area contributed by atoms with Crippen LogP contribution in [0.25, 0.3) is 0 Å². The summed E-state index contributed by atoms with van der Waals surface area (Å²) in [7, 11) is 0. The fourth-order valence-electron chi connectivity index (χ4n) is 3.70. The summed E-state index contributed by atoms with van der Waals surface area (Å²) in [6, 6.07) is 19.9. The first kappa shape index (κ1) is 20.0. The molecule has 0 unspecified atom stereocenters. The van der Waals surface area contributed by atoms with Gasteiger partial charge in [0.15, 0.2) is 5.78 Å². The fraction of sp³-hybridized carbons (Fsp3) is 0.208. The normalized spacial score (nSPS) is 14.3. The van der Waals surface area contributed by atoms with Gasteiger partial charge in [0.25, 0.3) is 11.8 Å². The average molecular weight is 419 g/mol. The molecule has 1 saturated heterocycles. The molecule has 1 aliphatic heterocycles. The number of hydrogen-bond donors (Lipinski definition) is 1. The van der Waals surface area contributed by atoms with Gasteiger partial charge in [0, 0.05) is 35.8 Å². The molecule has 0 spiro atoms. The van der Waals surface area contributed by atoms with E-state index in [1.807, 2.05) is 41.8 Å². The Morgan fingerprint density at radius 1 is 0.867 bits per heavy atom. The molecule has 6 heteroatoms. The lowest BCUT2D eigenvalue weighted by atomic mass is 9.88. The van der Waals surface area contributed by atoms with Crippen LogP contribution in [0.1, 0.15) is 43.2 Å². The van der Waals surface area contributed by atoms with Gasteiger partial charge in [-0.1, -0.05) is 42.5 Å². The topological polar surface area (TPSA) is 66.5 Å². The third kappa shape index (κ3) is 4.49. The minimum absolute atomic E-state index is 0.0483. The second kappa shape index (κ2) is 9.05. The fourth-order valence-corrected chi connectivity index (χ4v) is 4.31. The number of anilines is 1. The molecule has 30 heavy (non-hydrogen) atoms. The Morgan fingerprint density at radius 2 is 1.60 bits per heavy atom. The minimum atomic E-state index is -0.185. The Hall–Kier alpha value is -3.25. The molecule has 3 aromatic rings. The maximum absolute atomic E-state index is 12.9. The van der Waals surface area contributed by atoms with E-state index in [2.05, 4.69) is 5.32 Å². The zero-order chi connectivity index (χ0) is 20.9. The molecule has 152 valence electrons. The molecular weight excluding hydrogens is 396 g/mol. The smallest absolute Gasteiger partial charge is 0.265 e. The largest absolute Gasteiger partial charge is 0.339 e. The van der Waals surface area contributed by atoms with Crippen molar-refractivity contribution in [1.82, 2.24) is 4.90 Å². The lowest BCUT2D eigenvalue weighted by Crippen LogP contribution is -2.40. The molecule has 4 rings (SSSR count). The average Bonchev–Trinajstić information content (AvgIpc) is 3.34. The van der Waals surface area contributed by atoms with Gasteiger partial charge in [0.05, 0.1) is 4.88 Å². The second-order valence-electron chi connectivity index (χ2n) is 7.31. The Balaban J connectivity index is 1.37. The summed E-state index contributed by atoms with van der Waals surface area (Å²) in [5, 5.41) is 4.69. The monoisotopic (exact) mass is 418 g/mol. The molecule has 0 atom stereocenters. The van der Waals surface area contributed by atoms with Crippen LogP contribution in [0.15, 0.2) is 72.1 Å². The molecule has 1 N–H and O–H groups in total. The van der Waals surface area contributed by atoms with Gasteiger partial charge < -0.3 is 10.2 Å². The van der Waals surface area contributed by atoms with Gasteiger partial charge in [0.1, 0.15) is 0 Å². The van der Waals surface area contributed by atoms with Crippen LogP contribution in [0.3, 0.4) is 0 Å². The summed E-state index contributed by atoms with van der Waals surface area (Å²) >= 11 is 1.37. The van der Waals surface area contributed by atoms with Crippen molar-refractivity contribution >= 4 is 34.6 Å². The van der Waals surface area contributed by atoms with Crippen molar-refractivity contribution in [2.24, 2.45) is 5.92 Å². The summed E-state index contributed by atoms with van der Waals surface area (Å²) in [4.78, 5) is 40.2. The molecule has 0 radical (unpaired) electrons. The third-order valence-electron chi connectivity index (χ3n) is 5.32. The minimum Gasteiger partial charge on any atom is -0.339 e. The molecular formula is C24H22N2O3S. The van der Waals surface area contributed by atoms with Crippen LogP contribution < -0.4 is 5.32 Å². The van der Waals surface area contributed by atoms with Crippen molar-refractivity contribution in [3.63, 3.8) is 0 Å². The molecule has 2 aromatic carbocycles. The number of benzene rings is 2. The predicted molar refractivity (Wildman–Crippen MR) is 118 cm³/mol. The molecule has 5 nitrogen and oxygen atoms in total. The van der Waals surface area contributed by atoms with Crippen molar-refractivity contribution < 1.29 is 14.4 Å². The summed E-state index contributed by atoms with van der Waals surface area (Å²) in [6.45, 7) is 1.10. The number of hydrogen-bond acceptors (Lipinski definition) is 4. The summed E-state index contributed by atoms with van der Waals surface area (Å²) in [6.07, 6.45) is 1.32. The van der Waals surface area contributed by atoms with Crippen LogP contribution in [-0.4, -0.2) is 35.6 Å². The van der Waals surface area contributed by atoms with E-state index in [9.17, 15) is 14.4 Å². The molecule has 0 aliphatic carbocycles. The van der Waals surface area contributed by atoms with Crippen LogP contribution in [0.4, 0.5) is 5.69 Å². The molecule has 1 fully saturated rings. The molecule has 1 aliphatic rings.